The van der Waals surface area contributed by atoms with Gasteiger partial charge in [0.2, 0.25) is 0 Å². The van der Waals surface area contributed by atoms with Crippen LogP contribution in [0, 0.1) is 17.1 Å². The molecular weight excluding hydrogens is 245 g/mol. The van der Waals surface area contributed by atoms with Crippen LogP contribution in [0.1, 0.15) is 30.4 Å². The highest BCUT2D eigenvalue weighted by molar-refractivity contribution is 8.01. The standard InChI is InChI=1S/C12H11ClFNS/c1-7(11-2-3-16-11)12-9(13)4-8(6-15)5-10(12)14/h4-5,7,11H,2-3H2,1H3. The second-order valence-electron chi connectivity index (χ2n) is 3.95. The van der Waals surface area contributed by atoms with Crippen molar-refractivity contribution in [2.75, 3.05) is 5.75 Å². The van der Waals surface area contributed by atoms with Gasteiger partial charge in [0.25, 0.3) is 0 Å². The zero-order chi connectivity index (χ0) is 11.7. The molecule has 1 saturated heterocycles. The van der Waals surface area contributed by atoms with E-state index in [4.69, 9.17) is 16.9 Å². The molecule has 16 heavy (non-hydrogen) atoms. The van der Waals surface area contributed by atoms with Gasteiger partial charge in [-0.05, 0) is 30.2 Å². The predicted octanol–water partition coefficient (Wildman–Crippen LogP) is 3.96. The third-order valence-electron chi connectivity index (χ3n) is 2.96. The van der Waals surface area contributed by atoms with E-state index < -0.39 is 0 Å². The van der Waals surface area contributed by atoms with E-state index in [9.17, 15) is 4.39 Å². The third-order valence-corrected chi connectivity index (χ3v) is 4.81. The van der Waals surface area contributed by atoms with Crippen LogP contribution in [-0.2, 0) is 0 Å². The minimum Gasteiger partial charge on any atom is -0.207 e. The Hall–Kier alpha value is -0.720. The van der Waals surface area contributed by atoms with Crippen molar-refractivity contribution >= 4 is 23.4 Å². The second-order valence-corrected chi connectivity index (χ2v) is 5.71. The van der Waals surface area contributed by atoms with Crippen LogP contribution in [0.25, 0.3) is 0 Å². The Morgan fingerprint density at radius 3 is 2.75 bits per heavy atom. The molecule has 1 fully saturated rings. The van der Waals surface area contributed by atoms with Crippen molar-refractivity contribution < 1.29 is 4.39 Å². The quantitative estimate of drug-likeness (QED) is 0.799. The van der Waals surface area contributed by atoms with E-state index in [2.05, 4.69) is 0 Å². The molecule has 1 heterocycles. The van der Waals surface area contributed by atoms with Crippen LogP contribution in [0.15, 0.2) is 12.1 Å². The molecule has 2 unspecified atom stereocenters. The van der Waals surface area contributed by atoms with Crippen LogP contribution < -0.4 is 0 Å². The van der Waals surface area contributed by atoms with Crippen molar-refractivity contribution in [1.82, 2.24) is 0 Å². The number of hydrogen-bond donors (Lipinski definition) is 0. The van der Waals surface area contributed by atoms with Gasteiger partial charge in [0.05, 0.1) is 11.6 Å². The van der Waals surface area contributed by atoms with E-state index >= 15 is 0 Å². The van der Waals surface area contributed by atoms with Gasteiger partial charge in [-0.3, -0.25) is 0 Å². The Morgan fingerprint density at radius 2 is 2.31 bits per heavy atom. The smallest absolute Gasteiger partial charge is 0.129 e. The largest absolute Gasteiger partial charge is 0.207 e. The fraction of sp³-hybridized carbons (Fsp3) is 0.417. The summed E-state index contributed by atoms with van der Waals surface area (Å²) in [5.41, 5.74) is 0.831. The monoisotopic (exact) mass is 255 g/mol. The highest BCUT2D eigenvalue weighted by Gasteiger charge is 2.29. The molecule has 1 aliphatic heterocycles. The van der Waals surface area contributed by atoms with Crippen LogP contribution in [-0.4, -0.2) is 11.0 Å². The Bertz CT molecular complexity index is 428. The number of halogens is 2. The van der Waals surface area contributed by atoms with Crippen molar-refractivity contribution in [1.29, 1.82) is 5.26 Å². The van der Waals surface area contributed by atoms with Crippen molar-refractivity contribution in [2.45, 2.75) is 24.5 Å². The molecule has 2 atom stereocenters. The molecule has 0 aliphatic carbocycles. The molecule has 1 aromatic rings. The first-order valence-corrected chi connectivity index (χ1v) is 6.56. The maximum atomic E-state index is 13.8. The maximum Gasteiger partial charge on any atom is 0.129 e. The summed E-state index contributed by atoms with van der Waals surface area (Å²) in [6.45, 7) is 1.99. The van der Waals surface area contributed by atoms with Gasteiger partial charge in [-0.25, -0.2) is 4.39 Å². The van der Waals surface area contributed by atoms with Gasteiger partial charge in [-0.2, -0.15) is 17.0 Å². The molecule has 0 N–H and O–H groups in total. The van der Waals surface area contributed by atoms with Gasteiger partial charge in [0.15, 0.2) is 0 Å². The molecule has 0 aromatic heterocycles. The summed E-state index contributed by atoms with van der Waals surface area (Å²) in [5, 5.41) is 9.53. The molecule has 1 nitrogen and oxygen atoms in total. The summed E-state index contributed by atoms with van der Waals surface area (Å²) in [6, 6.07) is 4.71. The van der Waals surface area contributed by atoms with Crippen LogP contribution >= 0.6 is 23.4 Å². The van der Waals surface area contributed by atoms with Gasteiger partial charge >= 0.3 is 0 Å². The lowest BCUT2D eigenvalue weighted by Crippen LogP contribution is -2.23. The van der Waals surface area contributed by atoms with E-state index in [1.807, 2.05) is 24.8 Å². The van der Waals surface area contributed by atoms with Gasteiger partial charge in [0.1, 0.15) is 5.82 Å². The zero-order valence-electron chi connectivity index (χ0n) is 8.84. The summed E-state index contributed by atoms with van der Waals surface area (Å²) >= 11 is 7.88. The van der Waals surface area contributed by atoms with Crippen molar-refractivity contribution in [2.24, 2.45) is 0 Å². The number of rotatable bonds is 2. The van der Waals surface area contributed by atoms with Gasteiger partial charge in [-0.15, -0.1) is 0 Å². The molecular formula is C12H11ClFNS. The summed E-state index contributed by atoms with van der Waals surface area (Å²) in [7, 11) is 0. The average Bonchev–Trinajstić information content (AvgIpc) is 2.13. The lowest BCUT2D eigenvalue weighted by atomic mass is 9.94. The lowest BCUT2D eigenvalue weighted by Gasteiger charge is -2.31. The second kappa shape index (κ2) is 4.65. The highest BCUT2D eigenvalue weighted by Crippen LogP contribution is 2.42. The Morgan fingerprint density at radius 1 is 1.62 bits per heavy atom. The zero-order valence-corrected chi connectivity index (χ0v) is 10.4. The number of nitrogens with zero attached hydrogens (tertiary/aromatic N) is 1. The fourth-order valence-corrected chi connectivity index (χ4v) is 3.23. The van der Waals surface area contributed by atoms with E-state index in [1.165, 1.54) is 6.07 Å². The molecule has 0 spiro atoms. The fourth-order valence-electron chi connectivity index (χ4n) is 1.92. The molecule has 4 heteroatoms. The van der Waals surface area contributed by atoms with E-state index in [-0.39, 0.29) is 17.3 Å². The number of thioether (sulfide) groups is 1. The van der Waals surface area contributed by atoms with Crippen molar-refractivity contribution in [3.8, 4) is 6.07 Å². The van der Waals surface area contributed by atoms with E-state index in [1.54, 1.807) is 6.07 Å². The molecule has 84 valence electrons. The maximum absolute atomic E-state index is 13.8. The van der Waals surface area contributed by atoms with Gasteiger partial charge < -0.3 is 0 Å². The van der Waals surface area contributed by atoms with E-state index in [0.717, 1.165) is 12.2 Å². The molecule has 1 aromatic carbocycles. The molecule has 0 radical (unpaired) electrons. The first-order valence-electron chi connectivity index (χ1n) is 5.14. The normalized spacial score (nSPS) is 21.0. The van der Waals surface area contributed by atoms with Crippen LogP contribution in [0.4, 0.5) is 4.39 Å². The van der Waals surface area contributed by atoms with Crippen molar-refractivity contribution in [3.63, 3.8) is 0 Å². The Kier molecular flexibility index (Phi) is 3.41. The summed E-state index contributed by atoms with van der Waals surface area (Å²) in [4.78, 5) is 0. The molecule has 1 aliphatic rings. The highest BCUT2D eigenvalue weighted by atomic mass is 35.5. The van der Waals surface area contributed by atoms with Gasteiger partial charge in [0, 0.05) is 15.8 Å². The Labute approximate surface area is 104 Å². The third kappa shape index (κ3) is 2.05. The summed E-state index contributed by atoms with van der Waals surface area (Å²) < 4.78 is 13.8. The Balaban J connectivity index is 2.36. The molecule has 0 saturated carbocycles. The average molecular weight is 256 g/mol. The molecule has 2 rings (SSSR count). The van der Waals surface area contributed by atoms with Gasteiger partial charge in [-0.1, -0.05) is 18.5 Å². The summed E-state index contributed by atoms with van der Waals surface area (Å²) in [5.74, 6) is 0.896. The topological polar surface area (TPSA) is 23.8 Å². The first-order chi connectivity index (χ1) is 7.63. The minimum absolute atomic E-state index is 0.110. The van der Waals surface area contributed by atoms with Crippen molar-refractivity contribution in [3.05, 3.63) is 34.1 Å². The minimum atomic E-state index is -0.357. The number of benzene rings is 1. The SMILES string of the molecule is CC(c1c(F)cc(C#N)cc1Cl)C1CCS1. The van der Waals surface area contributed by atoms with Crippen LogP contribution in [0.2, 0.25) is 5.02 Å². The van der Waals surface area contributed by atoms with Crippen LogP contribution in [0.5, 0.6) is 0 Å². The molecule has 0 amide bonds. The van der Waals surface area contributed by atoms with E-state index in [0.29, 0.717) is 15.8 Å². The first kappa shape index (κ1) is 11.8. The molecule has 0 bridgehead atoms. The number of hydrogen-bond acceptors (Lipinski definition) is 2. The number of nitriles is 1. The predicted molar refractivity (Wildman–Crippen MR) is 65.4 cm³/mol. The summed E-state index contributed by atoms with van der Waals surface area (Å²) in [6.07, 6.45) is 1.11. The van der Waals surface area contributed by atoms with Crippen LogP contribution in [0.3, 0.4) is 0 Å². The lowest BCUT2D eigenvalue weighted by molar-refractivity contribution is 0.569.